The summed E-state index contributed by atoms with van der Waals surface area (Å²) in [6.45, 7) is 2.23. The fourth-order valence-electron chi connectivity index (χ4n) is 3.27. The van der Waals surface area contributed by atoms with Crippen LogP contribution in [-0.4, -0.2) is 79.7 Å². The van der Waals surface area contributed by atoms with Crippen molar-refractivity contribution in [3.05, 3.63) is 48.6 Å². The monoisotopic (exact) mass is 494 g/mol. The fraction of sp³-hybridized carbons (Fsp3) is 0.643. The van der Waals surface area contributed by atoms with Gasteiger partial charge in [0.05, 0.1) is 34.4 Å². The average Bonchev–Trinajstić information content (AvgIpc) is 2.79. The maximum absolute atomic E-state index is 11.8. The molecule has 35 heavy (non-hydrogen) atoms. The maximum Gasteiger partial charge on any atom is 0.362 e. The summed E-state index contributed by atoms with van der Waals surface area (Å²) < 4.78 is 10.8. The zero-order chi connectivity index (χ0) is 26.4. The Labute approximate surface area is 212 Å². The van der Waals surface area contributed by atoms with Gasteiger partial charge in [0.1, 0.15) is 12.7 Å². The van der Waals surface area contributed by atoms with E-state index < -0.39 is 18.1 Å². The Morgan fingerprint density at radius 3 is 2.09 bits per heavy atom. The standard InChI is InChI=1S/C28H47NO6/c1-5-6-7-8-9-10-11-12-13-14-15-16-17-18-19-20-27(31)35-24-25(30)23-34-22-21-26(28(32)33)29(2,3)4/h6-13,25-26,30H,5,14-24H2,1-4H3/p+1/b7-6+,9-8+,11-10+,13-12+. The van der Waals surface area contributed by atoms with E-state index in [-0.39, 0.29) is 25.8 Å². The van der Waals surface area contributed by atoms with Crippen LogP contribution >= 0.6 is 0 Å². The molecule has 7 nitrogen and oxygen atoms in total. The summed E-state index contributed by atoms with van der Waals surface area (Å²) in [6.07, 6.45) is 23.5. The lowest BCUT2D eigenvalue weighted by Gasteiger charge is -2.31. The van der Waals surface area contributed by atoms with E-state index in [2.05, 4.69) is 25.2 Å². The van der Waals surface area contributed by atoms with Crippen molar-refractivity contribution in [3.8, 4) is 0 Å². The number of hydrogen-bond acceptors (Lipinski definition) is 5. The number of aliphatic hydroxyl groups excluding tert-OH is 1. The van der Waals surface area contributed by atoms with Gasteiger partial charge in [0, 0.05) is 12.8 Å². The third-order valence-corrected chi connectivity index (χ3v) is 5.32. The third kappa shape index (κ3) is 20.8. The Bertz CT molecular complexity index is 675. The summed E-state index contributed by atoms with van der Waals surface area (Å²) in [5.41, 5.74) is 0. The van der Waals surface area contributed by atoms with Crippen LogP contribution in [0.1, 0.15) is 64.7 Å². The molecule has 2 unspecified atom stereocenters. The zero-order valence-electron chi connectivity index (χ0n) is 22.2. The Morgan fingerprint density at radius 2 is 1.46 bits per heavy atom. The van der Waals surface area contributed by atoms with Gasteiger partial charge in [-0.25, -0.2) is 4.79 Å². The van der Waals surface area contributed by atoms with Crippen molar-refractivity contribution in [3.63, 3.8) is 0 Å². The van der Waals surface area contributed by atoms with Gasteiger partial charge in [0.25, 0.3) is 0 Å². The first kappa shape index (κ1) is 32.8. The lowest BCUT2D eigenvalue weighted by Crippen LogP contribution is -2.50. The number of unbranched alkanes of at least 4 members (excludes halogenated alkanes) is 5. The number of esters is 1. The number of aliphatic carboxylic acids is 1. The lowest BCUT2D eigenvalue weighted by atomic mass is 10.1. The first-order chi connectivity index (χ1) is 16.7. The van der Waals surface area contributed by atoms with Gasteiger partial charge in [-0.2, -0.15) is 0 Å². The van der Waals surface area contributed by atoms with Crippen molar-refractivity contribution in [1.29, 1.82) is 0 Å². The van der Waals surface area contributed by atoms with Gasteiger partial charge in [-0.3, -0.25) is 4.79 Å². The summed E-state index contributed by atoms with van der Waals surface area (Å²) in [4.78, 5) is 23.1. The van der Waals surface area contributed by atoms with Gasteiger partial charge in [-0.15, -0.1) is 0 Å². The molecule has 0 rings (SSSR count). The van der Waals surface area contributed by atoms with Crippen LogP contribution in [0.5, 0.6) is 0 Å². The molecule has 0 aliphatic heterocycles. The summed E-state index contributed by atoms with van der Waals surface area (Å²) in [7, 11) is 5.45. The Hall–Kier alpha value is -2.22. The molecular formula is C28H48NO6+. The molecule has 0 aliphatic carbocycles. The molecule has 0 radical (unpaired) electrons. The van der Waals surface area contributed by atoms with E-state index in [9.17, 15) is 19.8 Å². The third-order valence-electron chi connectivity index (χ3n) is 5.32. The number of carbonyl (C=O) groups is 2. The van der Waals surface area contributed by atoms with Crippen LogP contribution in [-0.2, 0) is 19.1 Å². The molecule has 0 fully saturated rings. The van der Waals surface area contributed by atoms with Gasteiger partial charge in [-0.05, 0) is 25.7 Å². The molecule has 7 heteroatoms. The van der Waals surface area contributed by atoms with Crippen LogP contribution in [0, 0.1) is 0 Å². The van der Waals surface area contributed by atoms with Gasteiger partial charge >= 0.3 is 11.9 Å². The van der Waals surface area contributed by atoms with Crippen molar-refractivity contribution in [2.24, 2.45) is 0 Å². The van der Waals surface area contributed by atoms with Gasteiger partial charge in [0.15, 0.2) is 6.04 Å². The molecule has 0 aliphatic rings. The highest BCUT2D eigenvalue weighted by molar-refractivity contribution is 5.72. The topological polar surface area (TPSA) is 93.1 Å². The second-order valence-electron chi connectivity index (χ2n) is 9.51. The molecule has 0 saturated carbocycles. The molecule has 0 aromatic heterocycles. The number of quaternary nitrogens is 1. The molecule has 0 spiro atoms. The van der Waals surface area contributed by atoms with Crippen LogP contribution in [0.25, 0.3) is 0 Å². The van der Waals surface area contributed by atoms with Crippen LogP contribution in [0.4, 0.5) is 0 Å². The molecule has 0 bridgehead atoms. The molecule has 200 valence electrons. The molecule has 2 N–H and O–H groups in total. The minimum atomic E-state index is -0.914. The second-order valence-corrected chi connectivity index (χ2v) is 9.51. The van der Waals surface area contributed by atoms with Gasteiger partial charge < -0.3 is 24.2 Å². The summed E-state index contributed by atoms with van der Waals surface area (Å²) >= 11 is 0. The van der Waals surface area contributed by atoms with E-state index in [0.717, 1.165) is 44.9 Å². The number of carbonyl (C=O) groups excluding carboxylic acids is 1. The predicted molar refractivity (Wildman–Crippen MR) is 141 cm³/mol. The minimum Gasteiger partial charge on any atom is -0.477 e. The maximum atomic E-state index is 11.8. The predicted octanol–water partition coefficient (Wildman–Crippen LogP) is 4.82. The van der Waals surface area contributed by atoms with Crippen LogP contribution in [0.15, 0.2) is 48.6 Å². The highest BCUT2D eigenvalue weighted by Gasteiger charge is 2.30. The summed E-state index contributed by atoms with van der Waals surface area (Å²) in [5.74, 6) is -1.19. The first-order valence-electron chi connectivity index (χ1n) is 12.8. The van der Waals surface area contributed by atoms with E-state index >= 15 is 0 Å². The Balaban J connectivity index is 3.68. The molecule has 0 saturated heterocycles. The summed E-state index contributed by atoms with van der Waals surface area (Å²) in [5, 5.41) is 19.2. The van der Waals surface area contributed by atoms with Crippen molar-refractivity contribution in [2.45, 2.75) is 76.9 Å². The van der Waals surface area contributed by atoms with Crippen molar-refractivity contribution >= 4 is 11.9 Å². The molecular weight excluding hydrogens is 446 g/mol. The van der Waals surface area contributed by atoms with Crippen molar-refractivity contribution in [2.75, 3.05) is 41.0 Å². The lowest BCUT2D eigenvalue weighted by molar-refractivity contribution is -0.887. The number of allylic oxidation sites excluding steroid dienone is 8. The van der Waals surface area contributed by atoms with Crippen LogP contribution in [0.2, 0.25) is 0 Å². The van der Waals surface area contributed by atoms with Crippen LogP contribution in [0.3, 0.4) is 0 Å². The highest BCUT2D eigenvalue weighted by atomic mass is 16.5. The normalized spacial score (nSPS) is 14.4. The quantitative estimate of drug-likeness (QED) is 0.103. The molecule has 0 amide bonds. The summed E-state index contributed by atoms with van der Waals surface area (Å²) in [6, 6.07) is -0.579. The number of likely N-dealkylation sites (N-methyl/N-ethyl adjacent to an activating group) is 1. The number of nitrogens with zero attached hydrogens (tertiary/aromatic N) is 1. The average molecular weight is 495 g/mol. The smallest absolute Gasteiger partial charge is 0.362 e. The number of aliphatic hydroxyl groups is 1. The largest absolute Gasteiger partial charge is 0.477 e. The number of hydrogen-bond donors (Lipinski definition) is 2. The van der Waals surface area contributed by atoms with Crippen molar-refractivity contribution < 1.29 is 33.8 Å². The molecule has 0 aromatic carbocycles. The number of carboxylic acids is 1. The number of ether oxygens (including phenoxy) is 2. The first-order valence-corrected chi connectivity index (χ1v) is 12.8. The number of carboxylic acid groups (broad SMARTS) is 1. The van der Waals surface area contributed by atoms with Crippen LogP contribution < -0.4 is 0 Å². The molecule has 0 heterocycles. The molecule has 0 aromatic rings. The van der Waals surface area contributed by atoms with Crippen molar-refractivity contribution in [1.82, 2.24) is 0 Å². The fourth-order valence-corrected chi connectivity index (χ4v) is 3.27. The SMILES string of the molecule is CC/C=C/C=C/C=C/C=C/CCCCCCCC(=O)OCC(O)COCCC(C(=O)O)[N+](C)(C)C. The van der Waals surface area contributed by atoms with E-state index in [4.69, 9.17) is 9.47 Å². The van der Waals surface area contributed by atoms with E-state index in [1.54, 1.807) is 0 Å². The minimum absolute atomic E-state index is 0.00794. The Kier molecular flexibility index (Phi) is 19.8. The zero-order valence-corrected chi connectivity index (χ0v) is 22.2. The van der Waals surface area contributed by atoms with E-state index in [1.165, 1.54) is 0 Å². The van der Waals surface area contributed by atoms with Gasteiger partial charge in [-0.1, -0.05) is 74.8 Å². The van der Waals surface area contributed by atoms with Gasteiger partial charge in [0.2, 0.25) is 0 Å². The Morgan fingerprint density at radius 1 is 0.857 bits per heavy atom. The van der Waals surface area contributed by atoms with E-state index in [1.807, 2.05) is 51.5 Å². The van der Waals surface area contributed by atoms with E-state index in [0.29, 0.717) is 17.3 Å². The second kappa shape index (κ2) is 21.1. The number of rotatable bonds is 21. The molecule has 2 atom stereocenters. The highest BCUT2D eigenvalue weighted by Crippen LogP contribution is 2.10.